The number of aliphatic hydroxyl groups excluding tert-OH is 7. The lowest BCUT2D eigenvalue weighted by Crippen LogP contribution is -2.61. The molecule has 56 heavy (non-hydrogen) atoms. The molecule has 2 aliphatic rings. The zero-order chi connectivity index (χ0) is 41.0. The summed E-state index contributed by atoms with van der Waals surface area (Å²) in [6.45, 7) is 3.41. The van der Waals surface area contributed by atoms with Crippen molar-refractivity contribution in [3.63, 3.8) is 0 Å². The topological polar surface area (TPSA) is 214 Å². The molecule has 2 rings (SSSR count). The smallest absolute Gasteiger partial charge is 0.306 e. The lowest BCUT2D eigenvalue weighted by atomic mass is 9.98. The zero-order valence-corrected chi connectivity index (χ0v) is 34.4. The minimum absolute atomic E-state index is 0.0599. The van der Waals surface area contributed by atoms with Crippen molar-refractivity contribution in [3.05, 3.63) is 12.2 Å². The molecule has 2 fully saturated rings. The molecule has 0 amide bonds. The Morgan fingerprint density at radius 1 is 0.571 bits per heavy atom. The van der Waals surface area contributed by atoms with E-state index in [4.69, 9.17) is 28.4 Å². The molecule has 0 aliphatic carbocycles. The monoisotopic (exact) mass is 807 g/mol. The van der Waals surface area contributed by atoms with Gasteiger partial charge >= 0.3 is 5.97 Å². The Hall–Kier alpha value is -1.27. The molecule has 2 aliphatic heterocycles. The van der Waals surface area contributed by atoms with E-state index in [1.54, 1.807) is 0 Å². The molecule has 0 aromatic carbocycles. The van der Waals surface area contributed by atoms with Crippen LogP contribution in [0, 0.1) is 0 Å². The number of aliphatic hydroxyl groups is 7. The van der Waals surface area contributed by atoms with Crippen LogP contribution in [-0.2, 0) is 33.2 Å². The molecule has 14 heteroatoms. The van der Waals surface area contributed by atoms with Crippen LogP contribution in [0.1, 0.15) is 149 Å². The molecular formula is C42H78O14. The van der Waals surface area contributed by atoms with Crippen molar-refractivity contribution in [2.75, 3.05) is 33.0 Å². The third-order valence-corrected chi connectivity index (χ3v) is 10.5. The normalized spacial score (nSPS) is 28.9. The Morgan fingerprint density at radius 2 is 1.05 bits per heavy atom. The quantitative estimate of drug-likeness (QED) is 0.0279. The standard InChI is InChI=1S/C42H78O14/c1-3-5-7-8-9-10-11-12-13-14-15-16-17-18-19-20-21-22-23-24-26-51-28-31(54-34(44)25-6-4-2)29-52-41-40(50)38(48)36(46)33(56-41)30-53-42-39(49)37(47)35(45)32(27-43)55-42/h12-13,31-33,35-43,45-50H,3-11,14-30H2,1-2H3/b13-12-. The van der Waals surface area contributed by atoms with Gasteiger partial charge in [0.15, 0.2) is 12.6 Å². The molecule has 330 valence electrons. The van der Waals surface area contributed by atoms with Crippen molar-refractivity contribution in [2.45, 2.75) is 216 Å². The molecule has 2 heterocycles. The van der Waals surface area contributed by atoms with Crippen LogP contribution in [0.2, 0.25) is 0 Å². The summed E-state index contributed by atoms with van der Waals surface area (Å²) in [4.78, 5) is 12.5. The third kappa shape index (κ3) is 20.6. The average Bonchev–Trinajstić information content (AvgIpc) is 3.19. The summed E-state index contributed by atoms with van der Waals surface area (Å²) in [7, 11) is 0. The highest BCUT2D eigenvalue weighted by molar-refractivity contribution is 5.69. The first-order valence-corrected chi connectivity index (χ1v) is 21.8. The lowest BCUT2D eigenvalue weighted by molar-refractivity contribution is -0.332. The Kier molecular flexibility index (Phi) is 28.7. The fourth-order valence-corrected chi connectivity index (χ4v) is 6.84. The highest BCUT2D eigenvalue weighted by Gasteiger charge is 2.47. The molecule has 7 N–H and O–H groups in total. The van der Waals surface area contributed by atoms with Crippen LogP contribution >= 0.6 is 0 Å². The van der Waals surface area contributed by atoms with Gasteiger partial charge in [0.25, 0.3) is 0 Å². The molecule has 11 atom stereocenters. The summed E-state index contributed by atoms with van der Waals surface area (Å²) in [5, 5.41) is 71.3. The maximum Gasteiger partial charge on any atom is 0.306 e. The van der Waals surface area contributed by atoms with Gasteiger partial charge in [-0.1, -0.05) is 116 Å². The first-order valence-electron chi connectivity index (χ1n) is 21.8. The average molecular weight is 807 g/mol. The van der Waals surface area contributed by atoms with Crippen molar-refractivity contribution in [2.24, 2.45) is 0 Å². The zero-order valence-electron chi connectivity index (χ0n) is 34.4. The molecule has 11 unspecified atom stereocenters. The second-order valence-corrected chi connectivity index (χ2v) is 15.5. The van der Waals surface area contributed by atoms with Crippen LogP contribution in [0.4, 0.5) is 0 Å². The van der Waals surface area contributed by atoms with Crippen LogP contribution in [0.15, 0.2) is 12.2 Å². The Morgan fingerprint density at radius 3 is 1.61 bits per heavy atom. The van der Waals surface area contributed by atoms with Crippen molar-refractivity contribution >= 4 is 5.97 Å². The van der Waals surface area contributed by atoms with E-state index in [1.807, 2.05) is 6.92 Å². The number of allylic oxidation sites excluding steroid dienone is 2. The van der Waals surface area contributed by atoms with E-state index in [9.17, 15) is 40.5 Å². The summed E-state index contributed by atoms with van der Waals surface area (Å²) in [5.74, 6) is -0.411. The molecule has 0 aromatic heterocycles. The minimum Gasteiger partial charge on any atom is -0.457 e. The van der Waals surface area contributed by atoms with Crippen LogP contribution in [0.5, 0.6) is 0 Å². The van der Waals surface area contributed by atoms with Crippen molar-refractivity contribution < 1.29 is 69.0 Å². The van der Waals surface area contributed by atoms with Gasteiger partial charge in [0.1, 0.15) is 54.9 Å². The second kappa shape index (κ2) is 31.6. The highest BCUT2D eigenvalue weighted by atomic mass is 16.7. The van der Waals surface area contributed by atoms with Gasteiger partial charge in [0.05, 0.1) is 26.4 Å². The summed E-state index contributed by atoms with van der Waals surface area (Å²) in [5.41, 5.74) is 0. The maximum atomic E-state index is 12.5. The van der Waals surface area contributed by atoms with Crippen LogP contribution in [0.3, 0.4) is 0 Å². The van der Waals surface area contributed by atoms with Gasteiger partial charge in [-0.25, -0.2) is 0 Å². The van der Waals surface area contributed by atoms with Gasteiger partial charge in [-0.15, -0.1) is 0 Å². The maximum absolute atomic E-state index is 12.5. The predicted molar refractivity (Wildman–Crippen MR) is 210 cm³/mol. The molecule has 0 saturated carbocycles. The SMILES string of the molecule is CCCCCCCC/C=C\CCCCCCCCCCCCOCC(COC1OC(COC2OC(CO)C(O)C(O)C2O)C(O)C(O)C1O)OC(=O)CCCC. The Balaban J connectivity index is 1.64. The van der Waals surface area contributed by atoms with E-state index in [0.29, 0.717) is 13.0 Å². The molecule has 0 bridgehead atoms. The third-order valence-electron chi connectivity index (χ3n) is 10.5. The first-order chi connectivity index (χ1) is 27.1. The van der Waals surface area contributed by atoms with Crippen LogP contribution in [-0.4, -0.2) is 142 Å². The molecule has 0 aromatic rings. The minimum atomic E-state index is -1.70. The number of esters is 1. The van der Waals surface area contributed by atoms with Gasteiger partial charge in [0.2, 0.25) is 0 Å². The van der Waals surface area contributed by atoms with Gasteiger partial charge in [-0.2, -0.15) is 0 Å². The van der Waals surface area contributed by atoms with Crippen molar-refractivity contribution in [3.8, 4) is 0 Å². The number of unbranched alkanes of at least 4 members (excludes halogenated alkanes) is 17. The molecule has 0 spiro atoms. The number of ether oxygens (including phenoxy) is 6. The predicted octanol–water partition coefficient (Wildman–Crippen LogP) is 4.34. The van der Waals surface area contributed by atoms with Crippen molar-refractivity contribution in [1.29, 1.82) is 0 Å². The van der Waals surface area contributed by atoms with Crippen LogP contribution < -0.4 is 0 Å². The largest absolute Gasteiger partial charge is 0.457 e. The highest BCUT2D eigenvalue weighted by Crippen LogP contribution is 2.26. The van der Waals surface area contributed by atoms with E-state index in [0.717, 1.165) is 25.7 Å². The van der Waals surface area contributed by atoms with E-state index in [2.05, 4.69) is 19.1 Å². The van der Waals surface area contributed by atoms with Crippen LogP contribution in [0.25, 0.3) is 0 Å². The van der Waals surface area contributed by atoms with E-state index in [-0.39, 0.29) is 19.6 Å². The van der Waals surface area contributed by atoms with Gasteiger partial charge in [-0.3, -0.25) is 4.79 Å². The number of hydrogen-bond donors (Lipinski definition) is 7. The Labute approximate surface area is 335 Å². The number of rotatable bonds is 33. The first kappa shape index (κ1) is 50.9. The Bertz CT molecular complexity index is 985. The summed E-state index contributed by atoms with van der Waals surface area (Å²) in [6, 6.07) is 0. The second-order valence-electron chi connectivity index (χ2n) is 15.5. The van der Waals surface area contributed by atoms with E-state index in [1.165, 1.54) is 96.3 Å². The summed E-state index contributed by atoms with van der Waals surface area (Å²) >= 11 is 0. The summed E-state index contributed by atoms with van der Waals surface area (Å²) < 4.78 is 33.7. The molecular weight excluding hydrogens is 728 g/mol. The number of carbonyl (C=O) groups is 1. The van der Waals surface area contributed by atoms with E-state index >= 15 is 0 Å². The van der Waals surface area contributed by atoms with Gasteiger partial charge in [0, 0.05) is 13.0 Å². The number of hydrogen-bond acceptors (Lipinski definition) is 14. The van der Waals surface area contributed by atoms with Gasteiger partial charge < -0.3 is 64.2 Å². The fourth-order valence-electron chi connectivity index (χ4n) is 6.84. The molecule has 0 radical (unpaired) electrons. The lowest BCUT2D eigenvalue weighted by Gasteiger charge is -2.42. The molecule has 2 saturated heterocycles. The van der Waals surface area contributed by atoms with E-state index < -0.39 is 86.7 Å². The summed E-state index contributed by atoms with van der Waals surface area (Å²) in [6.07, 6.45) is 12.8. The van der Waals surface area contributed by atoms with Crippen molar-refractivity contribution in [1.82, 2.24) is 0 Å². The number of carbonyl (C=O) groups excluding carboxylic acids is 1. The fraction of sp³-hybridized carbons (Fsp3) is 0.929. The van der Waals surface area contributed by atoms with Gasteiger partial charge in [-0.05, 0) is 38.5 Å². The molecule has 14 nitrogen and oxygen atoms in total.